The van der Waals surface area contributed by atoms with Crippen molar-refractivity contribution >= 4 is 18.0 Å². The highest BCUT2D eigenvalue weighted by molar-refractivity contribution is 5.87. The topological polar surface area (TPSA) is 82.1 Å². The van der Waals surface area contributed by atoms with Crippen LogP contribution >= 0.6 is 0 Å². The molecule has 1 N–H and O–H groups in total. The maximum Gasteiger partial charge on any atom is 0.573 e. The van der Waals surface area contributed by atoms with Crippen LogP contribution in [0.15, 0.2) is 78.9 Å². The number of para-hydroxylation sites is 1. The summed E-state index contributed by atoms with van der Waals surface area (Å²) in [5.41, 5.74) is 2.76. The van der Waals surface area contributed by atoms with E-state index in [1.807, 2.05) is 42.5 Å². The molecule has 0 bridgehead atoms. The summed E-state index contributed by atoms with van der Waals surface area (Å²) in [5, 5.41) is 9.25. The molecule has 1 unspecified atom stereocenters. The molecule has 1 fully saturated rings. The van der Waals surface area contributed by atoms with Crippen LogP contribution in [0.3, 0.4) is 0 Å². The molecular weight excluding hydrogens is 561 g/mol. The van der Waals surface area contributed by atoms with E-state index in [-0.39, 0.29) is 35.2 Å². The first kappa shape index (κ1) is 31.7. The van der Waals surface area contributed by atoms with Crippen LogP contribution in [0.2, 0.25) is 0 Å². The number of ether oxygens (including phenoxy) is 3. The van der Waals surface area contributed by atoms with E-state index in [0.29, 0.717) is 30.8 Å². The summed E-state index contributed by atoms with van der Waals surface area (Å²) >= 11 is 0. The van der Waals surface area contributed by atoms with Crippen molar-refractivity contribution in [1.29, 1.82) is 0 Å². The number of carbonyl (C=O) groups excluding carboxylic acids is 1. The monoisotopic (exact) mass is 596 g/mol. The molecule has 0 radical (unpaired) electrons. The third-order valence-electron chi connectivity index (χ3n) is 7.54. The zero-order valence-electron chi connectivity index (χ0n) is 23.9. The number of aromatic carboxylic acids is 1. The molecule has 1 aliphatic carbocycles. The lowest BCUT2D eigenvalue weighted by atomic mass is 9.87. The third kappa shape index (κ3) is 10.2. The van der Waals surface area contributed by atoms with E-state index in [1.54, 1.807) is 19.1 Å². The number of hydrogen-bond acceptors (Lipinski definition) is 5. The molecule has 0 saturated heterocycles. The van der Waals surface area contributed by atoms with Crippen molar-refractivity contribution in [2.45, 2.75) is 58.4 Å². The number of hydrogen-bond donors (Lipinski definition) is 1. The molecule has 4 rings (SSSR count). The van der Waals surface area contributed by atoms with Crippen LogP contribution < -0.4 is 9.47 Å². The molecule has 1 saturated carbocycles. The van der Waals surface area contributed by atoms with Crippen LogP contribution in [0.25, 0.3) is 6.08 Å². The summed E-state index contributed by atoms with van der Waals surface area (Å²) in [6.45, 7) is 2.33. The molecule has 9 heteroatoms. The Balaban J connectivity index is 1.45. The van der Waals surface area contributed by atoms with Crippen molar-refractivity contribution in [3.63, 3.8) is 0 Å². The molecule has 0 aliphatic heterocycles. The molecule has 3 aromatic carbocycles. The van der Waals surface area contributed by atoms with Gasteiger partial charge in [0, 0.05) is 5.56 Å². The standard InChI is InChI=1S/C34H35F3O6/c1-2-41-31(38)22-33(19-20-33)18-17-25(21-24-8-13-28(14-9-24)32(39)40)7-12-27-5-3-4-6-30(27)42-23-26-10-15-29(16-11-26)43-34(35,36)37/h3-16,25H,2,17-23H2,1H3,(H,39,40)/b12-7+. The Morgan fingerprint density at radius 3 is 2.28 bits per heavy atom. The molecule has 0 heterocycles. The number of carboxylic acids is 1. The maximum atomic E-state index is 12.4. The van der Waals surface area contributed by atoms with E-state index in [0.717, 1.165) is 36.8 Å². The molecule has 0 amide bonds. The molecule has 1 atom stereocenters. The molecule has 6 nitrogen and oxygen atoms in total. The first-order valence-corrected chi connectivity index (χ1v) is 14.3. The number of halogens is 3. The molecule has 0 aromatic heterocycles. The van der Waals surface area contributed by atoms with Gasteiger partial charge < -0.3 is 19.3 Å². The Kier molecular flexibility index (Phi) is 10.5. The fourth-order valence-electron chi connectivity index (χ4n) is 4.99. The van der Waals surface area contributed by atoms with Crippen LogP contribution in [-0.4, -0.2) is 30.0 Å². The lowest BCUT2D eigenvalue weighted by Gasteiger charge is -2.19. The Labute approximate surface area is 249 Å². The lowest BCUT2D eigenvalue weighted by Crippen LogP contribution is -2.17. The summed E-state index contributed by atoms with van der Waals surface area (Å²) in [6, 6.07) is 19.9. The average Bonchev–Trinajstić information content (AvgIpc) is 3.73. The summed E-state index contributed by atoms with van der Waals surface area (Å²) in [6.07, 6.45) is 4.19. The minimum Gasteiger partial charge on any atom is -0.488 e. The van der Waals surface area contributed by atoms with E-state index in [4.69, 9.17) is 9.47 Å². The van der Waals surface area contributed by atoms with Crippen molar-refractivity contribution in [2.24, 2.45) is 11.3 Å². The van der Waals surface area contributed by atoms with Crippen molar-refractivity contribution in [3.8, 4) is 11.5 Å². The Bertz CT molecular complexity index is 1390. The quantitative estimate of drug-likeness (QED) is 0.178. The minimum atomic E-state index is -4.75. The van der Waals surface area contributed by atoms with Gasteiger partial charge in [0.25, 0.3) is 0 Å². The second-order valence-electron chi connectivity index (χ2n) is 10.9. The molecular formula is C34H35F3O6. The fourth-order valence-corrected chi connectivity index (χ4v) is 4.99. The van der Waals surface area contributed by atoms with Crippen LogP contribution in [0, 0.1) is 11.3 Å². The van der Waals surface area contributed by atoms with Gasteiger partial charge in [-0.1, -0.05) is 54.6 Å². The maximum absolute atomic E-state index is 12.4. The van der Waals surface area contributed by atoms with Gasteiger partial charge >= 0.3 is 18.3 Å². The number of carbonyl (C=O) groups is 2. The Morgan fingerprint density at radius 2 is 1.65 bits per heavy atom. The number of carboxylic acid groups (broad SMARTS) is 1. The van der Waals surface area contributed by atoms with Crippen molar-refractivity contribution in [1.82, 2.24) is 0 Å². The van der Waals surface area contributed by atoms with Gasteiger partial charge in [0.15, 0.2) is 0 Å². The van der Waals surface area contributed by atoms with Crippen LogP contribution in [0.1, 0.15) is 66.1 Å². The second-order valence-corrected chi connectivity index (χ2v) is 10.9. The smallest absolute Gasteiger partial charge is 0.488 e. The number of allylic oxidation sites excluding steroid dienone is 1. The molecule has 3 aromatic rings. The number of esters is 1. The third-order valence-corrected chi connectivity index (χ3v) is 7.54. The number of alkyl halides is 3. The summed E-state index contributed by atoms with van der Waals surface area (Å²) in [5.74, 6) is -0.687. The van der Waals surface area contributed by atoms with E-state index in [9.17, 15) is 27.9 Å². The number of rotatable bonds is 15. The van der Waals surface area contributed by atoms with Crippen molar-refractivity contribution < 1.29 is 42.1 Å². The highest BCUT2D eigenvalue weighted by Gasteiger charge is 2.44. The first-order chi connectivity index (χ1) is 20.5. The fraction of sp³-hybridized carbons (Fsp3) is 0.353. The van der Waals surface area contributed by atoms with Crippen molar-refractivity contribution in [2.75, 3.05) is 6.61 Å². The largest absolute Gasteiger partial charge is 0.573 e. The zero-order valence-corrected chi connectivity index (χ0v) is 23.9. The van der Waals surface area contributed by atoms with Crippen LogP contribution in [0.5, 0.6) is 11.5 Å². The predicted octanol–water partition coefficient (Wildman–Crippen LogP) is 8.25. The summed E-state index contributed by atoms with van der Waals surface area (Å²) in [4.78, 5) is 23.4. The molecule has 1 aliphatic rings. The Hall–Kier alpha value is -4.27. The predicted molar refractivity (Wildman–Crippen MR) is 156 cm³/mol. The van der Waals surface area contributed by atoms with Crippen LogP contribution in [0.4, 0.5) is 13.2 Å². The average molecular weight is 597 g/mol. The van der Waals surface area contributed by atoms with Gasteiger partial charge in [-0.2, -0.15) is 0 Å². The molecule has 228 valence electrons. The summed E-state index contributed by atoms with van der Waals surface area (Å²) in [7, 11) is 0. The highest BCUT2D eigenvalue weighted by Crippen LogP contribution is 2.53. The van der Waals surface area contributed by atoms with Crippen LogP contribution in [-0.2, 0) is 22.6 Å². The van der Waals surface area contributed by atoms with E-state index in [1.165, 1.54) is 24.3 Å². The second kappa shape index (κ2) is 14.3. The molecule has 43 heavy (non-hydrogen) atoms. The zero-order chi connectivity index (χ0) is 30.9. The van der Waals surface area contributed by atoms with Gasteiger partial charge in [-0.15, -0.1) is 13.2 Å². The Morgan fingerprint density at radius 1 is 0.977 bits per heavy atom. The SMILES string of the molecule is CCOC(=O)CC1(CCC(/C=C/c2ccccc2OCc2ccc(OC(F)(F)F)cc2)Cc2ccc(C(=O)O)cc2)CC1. The minimum absolute atomic E-state index is 0.0206. The highest BCUT2D eigenvalue weighted by atomic mass is 19.4. The van der Waals surface area contributed by atoms with Gasteiger partial charge in [-0.3, -0.25) is 4.79 Å². The van der Waals surface area contributed by atoms with Gasteiger partial charge in [0.1, 0.15) is 18.1 Å². The van der Waals surface area contributed by atoms with Gasteiger partial charge in [-0.25, -0.2) is 4.79 Å². The lowest BCUT2D eigenvalue weighted by molar-refractivity contribution is -0.274. The van der Waals surface area contributed by atoms with E-state index in [2.05, 4.69) is 10.8 Å². The first-order valence-electron chi connectivity index (χ1n) is 14.3. The van der Waals surface area contributed by atoms with Gasteiger partial charge in [-0.05, 0) is 91.8 Å². The van der Waals surface area contributed by atoms with Gasteiger partial charge in [0.2, 0.25) is 0 Å². The summed E-state index contributed by atoms with van der Waals surface area (Å²) < 4.78 is 52.5. The van der Waals surface area contributed by atoms with E-state index < -0.39 is 12.3 Å². The van der Waals surface area contributed by atoms with Gasteiger partial charge in [0.05, 0.1) is 18.6 Å². The normalized spacial score (nSPS) is 14.7. The number of benzene rings is 3. The van der Waals surface area contributed by atoms with E-state index >= 15 is 0 Å². The molecule has 0 spiro atoms. The van der Waals surface area contributed by atoms with Crippen molar-refractivity contribution in [3.05, 3.63) is 101 Å².